The Bertz CT molecular complexity index is 1150. The Morgan fingerprint density at radius 2 is 1.96 bits per heavy atom. The minimum absolute atomic E-state index is 0.289. The van der Waals surface area contributed by atoms with Gasteiger partial charge in [0.2, 0.25) is 10.7 Å². The highest BCUT2D eigenvalue weighted by Crippen LogP contribution is 2.39. The second-order valence-corrected chi connectivity index (χ2v) is 6.15. The van der Waals surface area contributed by atoms with Crippen LogP contribution in [0.2, 0.25) is 0 Å². The van der Waals surface area contributed by atoms with E-state index in [9.17, 15) is 0 Å². The van der Waals surface area contributed by atoms with Gasteiger partial charge in [-0.1, -0.05) is 30.3 Å². The van der Waals surface area contributed by atoms with Crippen molar-refractivity contribution < 1.29 is 4.74 Å². The number of rotatable bonds is 1. The maximum Gasteiger partial charge on any atom is 0.247 e. The Hall–Kier alpha value is -3.19. The summed E-state index contributed by atoms with van der Waals surface area (Å²) in [5.74, 6) is 0.415. The van der Waals surface area contributed by atoms with E-state index in [1.165, 1.54) is 0 Å². The van der Waals surface area contributed by atoms with Gasteiger partial charge in [0.1, 0.15) is 0 Å². The maximum atomic E-state index is 6.20. The quantitative estimate of drug-likeness (QED) is 0.450. The Balaban J connectivity index is 1.74. The summed E-state index contributed by atoms with van der Waals surface area (Å²) in [6.07, 6.45) is 1.51. The van der Waals surface area contributed by atoms with E-state index in [1.807, 2.05) is 54.7 Å². The van der Waals surface area contributed by atoms with E-state index in [0.29, 0.717) is 11.6 Å². The van der Waals surface area contributed by atoms with Crippen LogP contribution in [0.25, 0.3) is 22.2 Å². The minimum atomic E-state index is -0.409. The van der Waals surface area contributed by atoms with Crippen LogP contribution in [-0.4, -0.2) is 20.2 Å². The fourth-order valence-electron chi connectivity index (χ4n) is 3.16. The number of nitrogens with one attached hydrogen (secondary N) is 3. The third-order valence-corrected chi connectivity index (χ3v) is 4.46. The predicted octanol–water partition coefficient (Wildman–Crippen LogP) is 4.19. The topological polar surface area (TPSA) is 78.6 Å². The number of nitrogens with zero attached hydrogens (tertiary/aromatic N) is 2. The van der Waals surface area contributed by atoms with E-state index in [0.717, 1.165) is 27.7 Å². The molecule has 1 aliphatic heterocycles. The molecule has 122 valence electrons. The molecule has 2 aromatic heterocycles. The summed E-state index contributed by atoms with van der Waals surface area (Å²) in [5, 5.41) is 11.6. The monoisotopic (exact) mass is 347 g/mol. The van der Waals surface area contributed by atoms with Crippen molar-refractivity contribution in [3.8, 4) is 17.1 Å². The Morgan fingerprint density at radius 3 is 2.92 bits per heavy atom. The molecule has 0 saturated carbocycles. The van der Waals surface area contributed by atoms with Crippen LogP contribution in [0.15, 0.2) is 54.7 Å². The summed E-state index contributed by atoms with van der Waals surface area (Å²) >= 11 is 5.12. The van der Waals surface area contributed by atoms with E-state index < -0.39 is 6.23 Å². The molecular weight excluding hydrogens is 334 g/mol. The SMILES string of the molecule is S=c1nc2c(n[nH]1)-c1ccccc1NC(c1cccc3[nH]ccc13)O2. The largest absolute Gasteiger partial charge is 0.448 e. The van der Waals surface area contributed by atoms with Crippen molar-refractivity contribution in [3.63, 3.8) is 0 Å². The minimum Gasteiger partial charge on any atom is -0.448 e. The van der Waals surface area contributed by atoms with Gasteiger partial charge in [-0.05, 0) is 30.4 Å². The molecule has 1 aliphatic rings. The first-order valence-corrected chi connectivity index (χ1v) is 8.26. The van der Waals surface area contributed by atoms with Crippen LogP contribution in [0, 0.1) is 4.77 Å². The van der Waals surface area contributed by atoms with Gasteiger partial charge in [-0.2, -0.15) is 10.1 Å². The lowest BCUT2D eigenvalue weighted by Crippen LogP contribution is -2.17. The molecule has 0 saturated heterocycles. The second kappa shape index (κ2) is 5.42. The van der Waals surface area contributed by atoms with Crippen molar-refractivity contribution in [1.82, 2.24) is 20.2 Å². The number of benzene rings is 2. The normalized spacial score (nSPS) is 15.6. The Kier molecular flexibility index (Phi) is 3.07. The first-order chi connectivity index (χ1) is 12.3. The number of ether oxygens (including phenoxy) is 1. The van der Waals surface area contributed by atoms with Gasteiger partial charge < -0.3 is 15.0 Å². The highest BCUT2D eigenvalue weighted by atomic mass is 32.1. The number of para-hydroxylation sites is 1. The molecule has 4 aromatic rings. The first-order valence-electron chi connectivity index (χ1n) is 7.85. The van der Waals surface area contributed by atoms with Crippen molar-refractivity contribution >= 4 is 28.8 Å². The molecule has 2 aromatic carbocycles. The number of hydrogen-bond acceptors (Lipinski definition) is 5. The molecule has 7 heteroatoms. The zero-order valence-electron chi connectivity index (χ0n) is 13.0. The summed E-state index contributed by atoms with van der Waals surface area (Å²) in [4.78, 5) is 7.57. The number of H-pyrrole nitrogens is 2. The second-order valence-electron chi connectivity index (χ2n) is 5.77. The molecule has 25 heavy (non-hydrogen) atoms. The van der Waals surface area contributed by atoms with Gasteiger partial charge in [-0.3, -0.25) is 5.10 Å². The summed E-state index contributed by atoms with van der Waals surface area (Å²) in [6, 6.07) is 16.0. The van der Waals surface area contributed by atoms with Crippen molar-refractivity contribution in [1.29, 1.82) is 0 Å². The molecular formula is C18H13N5OS. The van der Waals surface area contributed by atoms with Crippen LogP contribution in [-0.2, 0) is 0 Å². The molecule has 0 fully saturated rings. The average molecular weight is 347 g/mol. The lowest BCUT2D eigenvalue weighted by atomic mass is 10.1. The Morgan fingerprint density at radius 1 is 1.04 bits per heavy atom. The summed E-state index contributed by atoms with van der Waals surface area (Å²) in [6.45, 7) is 0. The average Bonchev–Trinajstić information content (AvgIpc) is 3.04. The molecule has 1 atom stereocenters. The molecule has 0 radical (unpaired) electrons. The van der Waals surface area contributed by atoms with Crippen molar-refractivity contribution in [2.24, 2.45) is 0 Å². The molecule has 0 amide bonds. The van der Waals surface area contributed by atoms with Crippen LogP contribution in [0.5, 0.6) is 5.88 Å². The third kappa shape index (κ3) is 2.28. The zero-order chi connectivity index (χ0) is 16.8. The fraction of sp³-hybridized carbons (Fsp3) is 0.0556. The lowest BCUT2D eigenvalue weighted by molar-refractivity contribution is 0.228. The van der Waals surface area contributed by atoms with Crippen molar-refractivity contribution in [2.75, 3.05) is 5.32 Å². The van der Waals surface area contributed by atoms with E-state index in [2.05, 4.69) is 25.5 Å². The van der Waals surface area contributed by atoms with E-state index in [4.69, 9.17) is 17.0 Å². The molecule has 5 rings (SSSR count). The van der Waals surface area contributed by atoms with E-state index >= 15 is 0 Å². The third-order valence-electron chi connectivity index (χ3n) is 4.28. The van der Waals surface area contributed by atoms with Gasteiger partial charge in [0.15, 0.2) is 11.9 Å². The van der Waals surface area contributed by atoms with E-state index in [1.54, 1.807) is 0 Å². The van der Waals surface area contributed by atoms with Gasteiger partial charge in [-0.25, -0.2) is 0 Å². The Labute approximate surface area is 147 Å². The van der Waals surface area contributed by atoms with E-state index in [-0.39, 0.29) is 4.77 Å². The lowest BCUT2D eigenvalue weighted by Gasteiger charge is -2.20. The maximum absolute atomic E-state index is 6.20. The zero-order valence-corrected chi connectivity index (χ0v) is 13.8. The molecule has 0 bridgehead atoms. The number of aromatic nitrogens is 4. The van der Waals surface area contributed by atoms with Gasteiger partial charge in [0, 0.05) is 33.9 Å². The molecule has 0 spiro atoms. The van der Waals surface area contributed by atoms with Gasteiger partial charge in [0.05, 0.1) is 0 Å². The highest BCUT2D eigenvalue weighted by Gasteiger charge is 2.26. The number of aromatic amines is 2. The smallest absolute Gasteiger partial charge is 0.247 e. The fourth-order valence-corrected chi connectivity index (χ4v) is 3.29. The summed E-state index contributed by atoms with van der Waals surface area (Å²) in [7, 11) is 0. The van der Waals surface area contributed by atoms with Crippen molar-refractivity contribution in [3.05, 3.63) is 65.1 Å². The van der Waals surface area contributed by atoms with Gasteiger partial charge >= 0.3 is 0 Å². The van der Waals surface area contributed by atoms with Gasteiger partial charge in [0.25, 0.3) is 0 Å². The first kappa shape index (κ1) is 14.2. The molecule has 0 aliphatic carbocycles. The number of fused-ring (bicyclic) bond motifs is 4. The highest BCUT2D eigenvalue weighted by molar-refractivity contribution is 7.71. The molecule has 3 N–H and O–H groups in total. The van der Waals surface area contributed by atoms with Crippen LogP contribution < -0.4 is 10.1 Å². The molecule has 6 nitrogen and oxygen atoms in total. The predicted molar refractivity (Wildman–Crippen MR) is 97.9 cm³/mol. The molecule has 3 heterocycles. The standard InChI is InChI=1S/C18H13N5OS/c25-18-21-17-15(22-23-18)12-4-1-2-6-14(12)20-16(24-17)11-5-3-7-13-10(11)8-9-19-13/h1-9,16,19-20H,(H,21,23,25). The van der Waals surface area contributed by atoms with Crippen molar-refractivity contribution in [2.45, 2.75) is 6.23 Å². The van der Waals surface area contributed by atoms with Crippen LogP contribution in [0.3, 0.4) is 0 Å². The van der Waals surface area contributed by atoms with Crippen LogP contribution in [0.1, 0.15) is 11.8 Å². The van der Waals surface area contributed by atoms with Crippen LogP contribution in [0.4, 0.5) is 5.69 Å². The summed E-state index contributed by atoms with van der Waals surface area (Å²) < 4.78 is 6.49. The number of hydrogen-bond donors (Lipinski definition) is 3. The van der Waals surface area contributed by atoms with Crippen LogP contribution >= 0.6 is 12.2 Å². The number of anilines is 1. The van der Waals surface area contributed by atoms with Gasteiger partial charge in [-0.15, -0.1) is 0 Å². The summed E-state index contributed by atoms with van der Waals surface area (Å²) in [5.41, 5.74) is 4.55. The molecule has 1 unspecified atom stereocenters.